The number of carbonyl (C=O) groups excluding carboxylic acids is 1. The molecule has 0 saturated carbocycles. The molecule has 7 nitrogen and oxygen atoms in total. The highest BCUT2D eigenvalue weighted by Crippen LogP contribution is 2.31. The standard InChI is InChI=1S/C20H18ClN3O4S/c1-24-19(11-28-15-5-3-14(21)4-6-15)22-23-20(24)29-12-16(25)13-2-7-17-18(10-13)27-9-8-26-17/h2-7,10H,8-9,11-12H2,1H3. The Hall–Kier alpha value is -2.71. The second kappa shape index (κ2) is 8.75. The van der Waals surface area contributed by atoms with Gasteiger partial charge < -0.3 is 18.8 Å². The molecule has 29 heavy (non-hydrogen) atoms. The predicted molar refractivity (Wildman–Crippen MR) is 109 cm³/mol. The summed E-state index contributed by atoms with van der Waals surface area (Å²) in [4.78, 5) is 12.5. The van der Waals surface area contributed by atoms with Crippen LogP contribution >= 0.6 is 23.4 Å². The molecule has 9 heteroatoms. The van der Waals surface area contributed by atoms with Crippen LogP contribution in [0.25, 0.3) is 0 Å². The minimum Gasteiger partial charge on any atom is -0.486 e. The van der Waals surface area contributed by atoms with Crippen molar-refractivity contribution in [1.29, 1.82) is 0 Å². The normalized spacial score (nSPS) is 12.6. The number of Topliss-reactive ketones (excluding diaryl/α,β-unsaturated/α-hetero) is 1. The van der Waals surface area contributed by atoms with Crippen molar-refractivity contribution in [3.63, 3.8) is 0 Å². The molecule has 2 heterocycles. The van der Waals surface area contributed by atoms with Crippen LogP contribution < -0.4 is 14.2 Å². The Morgan fingerprint density at radius 2 is 1.90 bits per heavy atom. The molecule has 0 N–H and O–H groups in total. The van der Waals surface area contributed by atoms with E-state index in [1.54, 1.807) is 42.5 Å². The molecule has 2 aromatic carbocycles. The molecule has 0 aliphatic carbocycles. The van der Waals surface area contributed by atoms with Crippen molar-refractivity contribution >= 4 is 29.1 Å². The van der Waals surface area contributed by atoms with Gasteiger partial charge in [-0.15, -0.1) is 10.2 Å². The van der Waals surface area contributed by atoms with Crippen LogP contribution in [0, 0.1) is 0 Å². The van der Waals surface area contributed by atoms with Crippen molar-refractivity contribution in [2.24, 2.45) is 7.05 Å². The smallest absolute Gasteiger partial charge is 0.191 e. The highest BCUT2D eigenvalue weighted by atomic mass is 35.5. The second-order valence-electron chi connectivity index (χ2n) is 6.27. The molecular formula is C20H18ClN3O4S. The minimum absolute atomic E-state index is 0.0195. The molecular weight excluding hydrogens is 414 g/mol. The summed E-state index contributed by atoms with van der Waals surface area (Å²) in [5, 5.41) is 9.60. The van der Waals surface area contributed by atoms with Gasteiger partial charge in [-0.3, -0.25) is 4.79 Å². The number of benzene rings is 2. The van der Waals surface area contributed by atoms with E-state index in [4.69, 9.17) is 25.8 Å². The molecule has 0 unspecified atom stereocenters. The van der Waals surface area contributed by atoms with Gasteiger partial charge in [0.25, 0.3) is 0 Å². The fourth-order valence-electron chi connectivity index (χ4n) is 2.71. The van der Waals surface area contributed by atoms with E-state index in [0.717, 1.165) is 0 Å². The first-order valence-corrected chi connectivity index (χ1v) is 10.3. The summed E-state index contributed by atoms with van der Waals surface area (Å²) < 4.78 is 18.5. The molecule has 1 aliphatic rings. The zero-order valence-electron chi connectivity index (χ0n) is 15.6. The van der Waals surface area contributed by atoms with Crippen LogP contribution in [-0.2, 0) is 13.7 Å². The number of fused-ring (bicyclic) bond motifs is 1. The van der Waals surface area contributed by atoms with Crippen molar-refractivity contribution in [1.82, 2.24) is 14.8 Å². The van der Waals surface area contributed by atoms with Crippen LogP contribution in [0.4, 0.5) is 0 Å². The topological polar surface area (TPSA) is 75.5 Å². The third kappa shape index (κ3) is 4.65. The van der Waals surface area contributed by atoms with Gasteiger partial charge in [-0.05, 0) is 42.5 Å². The molecule has 0 bridgehead atoms. The second-order valence-corrected chi connectivity index (χ2v) is 7.65. The molecule has 0 atom stereocenters. The van der Waals surface area contributed by atoms with Gasteiger partial charge in [0.05, 0.1) is 5.75 Å². The SMILES string of the molecule is Cn1c(COc2ccc(Cl)cc2)nnc1SCC(=O)c1ccc2c(c1)OCCO2. The molecule has 1 aliphatic heterocycles. The van der Waals surface area contributed by atoms with E-state index in [1.165, 1.54) is 11.8 Å². The fraction of sp³-hybridized carbons (Fsp3) is 0.250. The lowest BCUT2D eigenvalue weighted by molar-refractivity contribution is 0.102. The Balaban J connectivity index is 1.35. The number of aromatic nitrogens is 3. The molecule has 150 valence electrons. The third-order valence-electron chi connectivity index (χ3n) is 4.30. The molecule has 0 radical (unpaired) electrons. The van der Waals surface area contributed by atoms with E-state index in [2.05, 4.69) is 10.2 Å². The largest absolute Gasteiger partial charge is 0.486 e. The molecule has 0 saturated heterocycles. The van der Waals surface area contributed by atoms with E-state index >= 15 is 0 Å². The Morgan fingerprint density at radius 1 is 1.14 bits per heavy atom. The number of ether oxygens (including phenoxy) is 3. The zero-order valence-corrected chi connectivity index (χ0v) is 17.2. The van der Waals surface area contributed by atoms with Crippen LogP contribution in [-0.4, -0.2) is 39.5 Å². The minimum atomic E-state index is -0.0195. The van der Waals surface area contributed by atoms with Gasteiger partial charge in [0.15, 0.2) is 28.3 Å². The lowest BCUT2D eigenvalue weighted by atomic mass is 10.1. The quantitative estimate of drug-likeness (QED) is 0.416. The summed E-state index contributed by atoms with van der Waals surface area (Å²) in [5.74, 6) is 2.85. The van der Waals surface area contributed by atoms with Crippen molar-refractivity contribution in [3.8, 4) is 17.2 Å². The molecule has 0 amide bonds. The van der Waals surface area contributed by atoms with Crippen LogP contribution in [0.3, 0.4) is 0 Å². The number of thioether (sulfide) groups is 1. The van der Waals surface area contributed by atoms with E-state index < -0.39 is 0 Å². The fourth-order valence-corrected chi connectivity index (χ4v) is 3.66. The molecule has 0 fully saturated rings. The summed E-state index contributed by atoms with van der Waals surface area (Å²) >= 11 is 7.20. The van der Waals surface area contributed by atoms with Gasteiger partial charge in [-0.1, -0.05) is 23.4 Å². The van der Waals surface area contributed by atoms with Gasteiger partial charge in [0.2, 0.25) is 0 Å². The monoisotopic (exact) mass is 431 g/mol. The van der Waals surface area contributed by atoms with Gasteiger partial charge in [-0.2, -0.15) is 0 Å². The lowest BCUT2D eigenvalue weighted by Crippen LogP contribution is -2.16. The number of nitrogens with zero attached hydrogens (tertiary/aromatic N) is 3. The Morgan fingerprint density at radius 3 is 2.69 bits per heavy atom. The molecule has 4 rings (SSSR count). The summed E-state index contributed by atoms with van der Waals surface area (Å²) in [6, 6.07) is 12.3. The summed E-state index contributed by atoms with van der Waals surface area (Å²) in [6.07, 6.45) is 0. The van der Waals surface area contributed by atoms with Crippen LogP contribution in [0.2, 0.25) is 5.02 Å². The summed E-state index contributed by atoms with van der Waals surface area (Å²) in [6.45, 7) is 1.27. The Kier molecular flexibility index (Phi) is 5.92. The maximum Gasteiger partial charge on any atom is 0.191 e. The van der Waals surface area contributed by atoms with Crippen LogP contribution in [0.15, 0.2) is 47.6 Å². The molecule has 0 spiro atoms. The third-order valence-corrected chi connectivity index (χ3v) is 5.58. The molecule has 3 aromatic rings. The number of hydrogen-bond donors (Lipinski definition) is 0. The molecule has 1 aromatic heterocycles. The van der Waals surface area contributed by atoms with Crippen molar-refractivity contribution in [2.45, 2.75) is 11.8 Å². The van der Waals surface area contributed by atoms with E-state index in [1.807, 2.05) is 11.6 Å². The Bertz CT molecular complexity index is 1020. The van der Waals surface area contributed by atoms with Gasteiger partial charge >= 0.3 is 0 Å². The number of ketones is 1. The van der Waals surface area contributed by atoms with E-state index in [-0.39, 0.29) is 18.1 Å². The number of halogens is 1. The average molecular weight is 432 g/mol. The van der Waals surface area contributed by atoms with Crippen LogP contribution in [0.5, 0.6) is 17.2 Å². The summed E-state index contributed by atoms with van der Waals surface area (Å²) in [7, 11) is 1.84. The van der Waals surface area contributed by atoms with E-state index in [0.29, 0.717) is 52.0 Å². The van der Waals surface area contributed by atoms with Crippen molar-refractivity contribution in [2.75, 3.05) is 19.0 Å². The van der Waals surface area contributed by atoms with Gasteiger partial charge in [0, 0.05) is 17.6 Å². The number of carbonyl (C=O) groups is 1. The van der Waals surface area contributed by atoms with Gasteiger partial charge in [-0.25, -0.2) is 0 Å². The maximum atomic E-state index is 12.5. The average Bonchev–Trinajstić information content (AvgIpc) is 3.10. The van der Waals surface area contributed by atoms with Crippen LogP contribution in [0.1, 0.15) is 16.2 Å². The first-order chi connectivity index (χ1) is 14.1. The number of hydrogen-bond acceptors (Lipinski definition) is 7. The van der Waals surface area contributed by atoms with E-state index in [9.17, 15) is 4.79 Å². The lowest BCUT2D eigenvalue weighted by Gasteiger charge is -2.18. The maximum absolute atomic E-state index is 12.5. The highest BCUT2D eigenvalue weighted by Gasteiger charge is 2.17. The first-order valence-electron chi connectivity index (χ1n) is 8.92. The van der Waals surface area contributed by atoms with Crippen molar-refractivity contribution in [3.05, 3.63) is 58.9 Å². The number of rotatable bonds is 7. The zero-order chi connectivity index (χ0) is 20.2. The summed E-state index contributed by atoms with van der Waals surface area (Å²) in [5.41, 5.74) is 0.579. The Labute approximate surface area is 176 Å². The first kappa shape index (κ1) is 19.6. The van der Waals surface area contributed by atoms with Crippen molar-refractivity contribution < 1.29 is 19.0 Å². The van der Waals surface area contributed by atoms with Gasteiger partial charge in [0.1, 0.15) is 25.6 Å². The highest BCUT2D eigenvalue weighted by molar-refractivity contribution is 7.99. The predicted octanol–water partition coefficient (Wildman–Crippen LogP) is 3.79.